The molecule has 3 rings (SSSR count). The van der Waals surface area contributed by atoms with Crippen molar-refractivity contribution in [3.8, 4) is 0 Å². The Labute approximate surface area is 89.2 Å². The van der Waals surface area contributed by atoms with Crippen molar-refractivity contribution in [1.29, 1.82) is 0 Å². The fraction of sp³-hybridized carbons (Fsp3) is 0.667. The fourth-order valence-corrected chi connectivity index (χ4v) is 2.27. The van der Waals surface area contributed by atoms with Crippen LogP contribution in [0, 0.1) is 6.92 Å². The van der Waals surface area contributed by atoms with E-state index >= 15 is 0 Å². The van der Waals surface area contributed by atoms with Gasteiger partial charge < -0.3 is 0 Å². The zero-order valence-corrected chi connectivity index (χ0v) is 9.07. The second-order valence-corrected chi connectivity index (χ2v) is 4.82. The molecule has 2 aliphatic carbocycles. The van der Waals surface area contributed by atoms with Crippen molar-refractivity contribution < 1.29 is 0 Å². The fourth-order valence-electron chi connectivity index (χ4n) is 2.27. The van der Waals surface area contributed by atoms with Crippen LogP contribution in [0.3, 0.4) is 0 Å². The predicted octanol–water partition coefficient (Wildman–Crippen LogP) is 2.15. The molecule has 0 atom stereocenters. The molecule has 0 spiro atoms. The highest BCUT2D eigenvalue weighted by Gasteiger charge is 2.32. The molecule has 1 aromatic rings. The quantitative estimate of drug-likeness (QED) is 0.740. The van der Waals surface area contributed by atoms with Gasteiger partial charge in [0.25, 0.3) is 5.56 Å². The van der Waals surface area contributed by atoms with E-state index in [4.69, 9.17) is 0 Å². The predicted molar refractivity (Wildman–Crippen MR) is 58.1 cm³/mol. The molecule has 2 aliphatic rings. The van der Waals surface area contributed by atoms with Crippen LogP contribution < -0.4 is 5.56 Å². The molecular weight excluding hydrogens is 188 g/mol. The van der Waals surface area contributed by atoms with Crippen molar-refractivity contribution in [2.45, 2.75) is 51.0 Å². The highest BCUT2D eigenvalue weighted by Crippen LogP contribution is 2.41. The van der Waals surface area contributed by atoms with Crippen LogP contribution in [-0.2, 0) is 0 Å². The molecule has 0 saturated heterocycles. The Kier molecular flexibility index (Phi) is 1.94. The van der Waals surface area contributed by atoms with E-state index in [1.165, 1.54) is 19.3 Å². The second-order valence-electron chi connectivity index (χ2n) is 4.82. The molecule has 0 unspecified atom stereocenters. The minimum Gasteiger partial charge on any atom is -0.293 e. The first kappa shape index (κ1) is 9.13. The average molecular weight is 204 g/mol. The second kappa shape index (κ2) is 3.19. The summed E-state index contributed by atoms with van der Waals surface area (Å²) >= 11 is 0. The van der Waals surface area contributed by atoms with Gasteiger partial charge in [-0.1, -0.05) is 0 Å². The zero-order valence-electron chi connectivity index (χ0n) is 9.07. The summed E-state index contributed by atoms with van der Waals surface area (Å²) in [5.41, 5.74) is 1.03. The summed E-state index contributed by atoms with van der Waals surface area (Å²) in [5, 5.41) is 0. The third kappa shape index (κ3) is 1.50. The van der Waals surface area contributed by atoms with Crippen LogP contribution in [0.1, 0.15) is 55.6 Å². The molecule has 3 nitrogen and oxygen atoms in total. The van der Waals surface area contributed by atoms with Crippen LogP contribution in [0.25, 0.3) is 0 Å². The van der Waals surface area contributed by atoms with Crippen molar-refractivity contribution in [3.05, 3.63) is 27.9 Å². The molecule has 0 radical (unpaired) electrons. The van der Waals surface area contributed by atoms with Gasteiger partial charge in [0, 0.05) is 23.7 Å². The summed E-state index contributed by atoms with van der Waals surface area (Å²) < 4.78 is 1.97. The van der Waals surface area contributed by atoms with E-state index < -0.39 is 0 Å². The molecule has 3 heteroatoms. The van der Waals surface area contributed by atoms with Crippen LogP contribution in [-0.4, -0.2) is 9.55 Å². The lowest BCUT2D eigenvalue weighted by Gasteiger charge is -2.29. The Balaban J connectivity index is 2.11. The van der Waals surface area contributed by atoms with Gasteiger partial charge in [-0.2, -0.15) is 0 Å². The average Bonchev–Trinajstić information content (AvgIpc) is 2.88. The van der Waals surface area contributed by atoms with E-state index in [0.29, 0.717) is 12.0 Å². The molecule has 80 valence electrons. The van der Waals surface area contributed by atoms with E-state index in [9.17, 15) is 4.79 Å². The van der Waals surface area contributed by atoms with Crippen molar-refractivity contribution in [2.24, 2.45) is 0 Å². The molecule has 15 heavy (non-hydrogen) atoms. The maximum absolute atomic E-state index is 12.0. The van der Waals surface area contributed by atoms with Gasteiger partial charge in [0.1, 0.15) is 5.82 Å². The van der Waals surface area contributed by atoms with Crippen molar-refractivity contribution in [2.75, 3.05) is 0 Å². The molecule has 0 amide bonds. The van der Waals surface area contributed by atoms with E-state index in [1.807, 2.05) is 11.5 Å². The van der Waals surface area contributed by atoms with Crippen LogP contribution in [0.5, 0.6) is 0 Å². The standard InChI is InChI=1S/C12H16N2O/c1-8-7-11(15)14(10-3-2-4-10)12(13-8)9-5-6-9/h7,9-10H,2-6H2,1H3. The van der Waals surface area contributed by atoms with Crippen LogP contribution in [0.4, 0.5) is 0 Å². The van der Waals surface area contributed by atoms with Gasteiger partial charge in [-0.3, -0.25) is 9.36 Å². The minimum atomic E-state index is 0.161. The molecule has 0 aliphatic heterocycles. The third-order valence-electron chi connectivity index (χ3n) is 3.49. The summed E-state index contributed by atoms with van der Waals surface area (Å²) in [5.74, 6) is 1.63. The summed E-state index contributed by atoms with van der Waals surface area (Å²) in [6.07, 6.45) is 6.00. The van der Waals surface area contributed by atoms with Crippen LogP contribution in [0.2, 0.25) is 0 Å². The molecule has 1 aromatic heterocycles. The van der Waals surface area contributed by atoms with Gasteiger partial charge in [0.15, 0.2) is 0 Å². The highest BCUT2D eigenvalue weighted by atomic mass is 16.1. The topological polar surface area (TPSA) is 34.9 Å². The number of rotatable bonds is 2. The lowest BCUT2D eigenvalue weighted by molar-refractivity contribution is 0.295. The number of hydrogen-bond acceptors (Lipinski definition) is 2. The molecule has 0 N–H and O–H groups in total. The summed E-state index contributed by atoms with van der Waals surface area (Å²) in [7, 11) is 0. The number of hydrogen-bond donors (Lipinski definition) is 0. The Morgan fingerprint density at radius 3 is 2.60 bits per heavy atom. The molecule has 2 fully saturated rings. The van der Waals surface area contributed by atoms with E-state index in [1.54, 1.807) is 6.07 Å². The molecule has 2 saturated carbocycles. The normalized spacial score (nSPS) is 21.4. The van der Waals surface area contributed by atoms with E-state index in [2.05, 4.69) is 4.98 Å². The largest absolute Gasteiger partial charge is 0.293 e. The Bertz CT molecular complexity index is 441. The number of aromatic nitrogens is 2. The van der Waals surface area contributed by atoms with Gasteiger partial charge in [-0.05, 0) is 39.0 Å². The van der Waals surface area contributed by atoms with E-state index in [-0.39, 0.29) is 5.56 Å². The summed E-state index contributed by atoms with van der Waals surface area (Å²) in [6, 6.07) is 2.12. The molecule has 0 aromatic carbocycles. The highest BCUT2D eigenvalue weighted by molar-refractivity contribution is 5.13. The zero-order chi connectivity index (χ0) is 10.4. The Hall–Kier alpha value is -1.12. The van der Waals surface area contributed by atoms with Gasteiger partial charge in [0.05, 0.1) is 0 Å². The Morgan fingerprint density at radius 1 is 1.33 bits per heavy atom. The third-order valence-corrected chi connectivity index (χ3v) is 3.49. The monoisotopic (exact) mass is 204 g/mol. The van der Waals surface area contributed by atoms with Crippen LogP contribution >= 0.6 is 0 Å². The maximum Gasteiger partial charge on any atom is 0.253 e. The van der Waals surface area contributed by atoms with Gasteiger partial charge in [-0.15, -0.1) is 0 Å². The molecule has 1 heterocycles. The molecular formula is C12H16N2O. The SMILES string of the molecule is Cc1cc(=O)n(C2CCC2)c(C2CC2)n1. The van der Waals surface area contributed by atoms with Crippen molar-refractivity contribution in [3.63, 3.8) is 0 Å². The van der Waals surface area contributed by atoms with Gasteiger partial charge in [-0.25, -0.2) is 4.98 Å². The first-order chi connectivity index (χ1) is 7.25. The smallest absolute Gasteiger partial charge is 0.253 e. The lowest BCUT2D eigenvalue weighted by Crippen LogP contribution is -2.32. The van der Waals surface area contributed by atoms with Gasteiger partial charge >= 0.3 is 0 Å². The molecule has 0 bridgehead atoms. The lowest BCUT2D eigenvalue weighted by atomic mass is 9.92. The van der Waals surface area contributed by atoms with Crippen molar-refractivity contribution in [1.82, 2.24) is 9.55 Å². The first-order valence-electron chi connectivity index (χ1n) is 5.86. The summed E-state index contributed by atoms with van der Waals surface area (Å²) in [4.78, 5) is 16.5. The van der Waals surface area contributed by atoms with Crippen molar-refractivity contribution >= 4 is 0 Å². The number of nitrogens with zero attached hydrogens (tertiary/aromatic N) is 2. The number of aryl methyl sites for hydroxylation is 1. The van der Waals surface area contributed by atoms with Crippen LogP contribution in [0.15, 0.2) is 10.9 Å². The maximum atomic E-state index is 12.0. The first-order valence-corrected chi connectivity index (χ1v) is 5.86. The minimum absolute atomic E-state index is 0.161. The Morgan fingerprint density at radius 2 is 2.07 bits per heavy atom. The van der Waals surface area contributed by atoms with Gasteiger partial charge in [0.2, 0.25) is 0 Å². The summed E-state index contributed by atoms with van der Waals surface area (Å²) in [6.45, 7) is 1.92. The van der Waals surface area contributed by atoms with E-state index in [0.717, 1.165) is 24.4 Å².